The summed E-state index contributed by atoms with van der Waals surface area (Å²) in [5.74, 6) is 0.646. The molecule has 2 amide bonds. The van der Waals surface area contributed by atoms with E-state index in [0.29, 0.717) is 6.54 Å². The van der Waals surface area contributed by atoms with Gasteiger partial charge in [0.15, 0.2) is 0 Å². The van der Waals surface area contributed by atoms with Gasteiger partial charge in [0, 0.05) is 44.6 Å². The van der Waals surface area contributed by atoms with Gasteiger partial charge in [-0.15, -0.1) is 0 Å². The van der Waals surface area contributed by atoms with Gasteiger partial charge in [-0.1, -0.05) is 30.3 Å². The van der Waals surface area contributed by atoms with Crippen molar-refractivity contribution in [1.82, 2.24) is 20.2 Å². The van der Waals surface area contributed by atoms with E-state index in [2.05, 4.69) is 32.3 Å². The summed E-state index contributed by atoms with van der Waals surface area (Å²) in [5.41, 5.74) is 5.27. The van der Waals surface area contributed by atoms with Gasteiger partial charge in [0.25, 0.3) is 0 Å². The first-order valence-corrected chi connectivity index (χ1v) is 11.1. The number of benzene rings is 1. The summed E-state index contributed by atoms with van der Waals surface area (Å²) in [6, 6.07) is 18.0. The number of likely N-dealkylation sites (N-methyl/N-ethyl adjacent to an activating group) is 1. The summed E-state index contributed by atoms with van der Waals surface area (Å²) in [5, 5.41) is 10.8. The summed E-state index contributed by atoms with van der Waals surface area (Å²) < 4.78 is 0. The summed E-state index contributed by atoms with van der Waals surface area (Å²) >= 11 is 0. The molecule has 0 unspecified atom stereocenters. The largest absolute Gasteiger partial charge is 0.465 e. The number of anilines is 1. The number of carbonyl (C=O) groups excluding carboxylic acids is 1. The third-order valence-electron chi connectivity index (χ3n) is 5.77. The van der Waals surface area contributed by atoms with Gasteiger partial charge in [0.05, 0.1) is 5.69 Å². The molecule has 174 valence electrons. The van der Waals surface area contributed by atoms with Crippen LogP contribution in [0, 0.1) is 0 Å². The number of hydrogen-bond acceptors (Lipinski definition) is 5. The summed E-state index contributed by atoms with van der Waals surface area (Å²) in [6.45, 7) is 1.83. The number of nitrogens with one attached hydrogen (secondary N) is 1. The molecule has 0 aliphatic carbocycles. The smallest absolute Gasteiger partial charge is 0.405 e. The zero-order valence-corrected chi connectivity index (χ0v) is 19.0. The van der Waals surface area contributed by atoms with Crippen LogP contribution < -0.4 is 10.2 Å². The first-order valence-electron chi connectivity index (χ1n) is 11.1. The van der Waals surface area contributed by atoms with Crippen molar-refractivity contribution in [3.8, 4) is 11.1 Å². The van der Waals surface area contributed by atoms with Gasteiger partial charge in [-0.3, -0.25) is 9.78 Å². The Hall–Kier alpha value is -4.20. The normalized spacial score (nSPS) is 13.2. The zero-order chi connectivity index (χ0) is 23.9. The standard InChI is InChI=1S/C26H27N5O3/c1-30(25(32)17-29-26(33)34)18-19-5-4-6-21(15-19)22-8-9-24(28-16-22)31-13-10-20(11-14-31)23-7-2-3-12-27-23/h2-10,12,15-16,29H,11,13-14,17-18H2,1H3,(H,33,34). The molecule has 0 bridgehead atoms. The number of nitrogens with zero attached hydrogens (tertiary/aromatic N) is 4. The highest BCUT2D eigenvalue weighted by atomic mass is 16.4. The molecule has 2 aromatic heterocycles. The molecule has 3 heterocycles. The second-order valence-electron chi connectivity index (χ2n) is 8.15. The van der Waals surface area contributed by atoms with Crippen molar-refractivity contribution in [2.45, 2.75) is 13.0 Å². The first-order chi connectivity index (χ1) is 16.5. The van der Waals surface area contributed by atoms with E-state index in [1.54, 1.807) is 7.05 Å². The van der Waals surface area contributed by atoms with Crippen molar-refractivity contribution in [1.29, 1.82) is 0 Å². The van der Waals surface area contributed by atoms with Crippen LogP contribution in [-0.4, -0.2) is 58.7 Å². The molecule has 0 saturated heterocycles. The molecule has 8 heteroatoms. The lowest BCUT2D eigenvalue weighted by atomic mass is 10.0. The van der Waals surface area contributed by atoms with E-state index in [9.17, 15) is 9.59 Å². The number of carboxylic acid groups (broad SMARTS) is 1. The zero-order valence-electron chi connectivity index (χ0n) is 19.0. The predicted octanol–water partition coefficient (Wildman–Crippen LogP) is 3.66. The minimum Gasteiger partial charge on any atom is -0.465 e. The monoisotopic (exact) mass is 457 g/mol. The quantitative estimate of drug-likeness (QED) is 0.562. The molecule has 4 rings (SSSR count). The fourth-order valence-electron chi connectivity index (χ4n) is 3.90. The maximum atomic E-state index is 12.1. The molecular weight excluding hydrogens is 430 g/mol. The van der Waals surface area contributed by atoms with Crippen molar-refractivity contribution in [2.75, 3.05) is 31.6 Å². The van der Waals surface area contributed by atoms with Crippen LogP contribution in [0.4, 0.5) is 10.6 Å². The van der Waals surface area contributed by atoms with Crippen LogP contribution in [0.1, 0.15) is 17.7 Å². The Morgan fingerprint density at radius 2 is 1.97 bits per heavy atom. The molecule has 0 fully saturated rings. The number of hydrogen-bond donors (Lipinski definition) is 2. The van der Waals surface area contributed by atoms with Gasteiger partial charge in [-0.2, -0.15) is 0 Å². The molecular formula is C26H27N5O3. The Bertz CT molecular complexity index is 1180. The van der Waals surface area contributed by atoms with Crippen molar-refractivity contribution in [2.24, 2.45) is 0 Å². The summed E-state index contributed by atoms with van der Waals surface area (Å²) in [7, 11) is 1.65. The second kappa shape index (κ2) is 10.6. The predicted molar refractivity (Wildman–Crippen MR) is 131 cm³/mol. The summed E-state index contributed by atoms with van der Waals surface area (Å²) in [4.78, 5) is 35.5. The molecule has 1 aliphatic heterocycles. The van der Waals surface area contributed by atoms with Crippen molar-refractivity contribution < 1.29 is 14.7 Å². The van der Waals surface area contributed by atoms with E-state index in [-0.39, 0.29) is 12.5 Å². The molecule has 0 atom stereocenters. The highest BCUT2D eigenvalue weighted by Crippen LogP contribution is 2.26. The van der Waals surface area contributed by atoms with Crippen LogP contribution in [0.2, 0.25) is 0 Å². The van der Waals surface area contributed by atoms with Gasteiger partial charge in [-0.05, 0) is 53.5 Å². The Morgan fingerprint density at radius 3 is 2.65 bits per heavy atom. The van der Waals surface area contributed by atoms with Crippen LogP contribution in [0.3, 0.4) is 0 Å². The average molecular weight is 458 g/mol. The first kappa shape index (κ1) is 23.0. The number of rotatable bonds is 7. The lowest BCUT2D eigenvalue weighted by molar-refractivity contribution is -0.129. The van der Waals surface area contributed by atoms with E-state index in [4.69, 9.17) is 5.11 Å². The molecule has 0 saturated carbocycles. The third-order valence-corrected chi connectivity index (χ3v) is 5.77. The van der Waals surface area contributed by atoms with E-state index < -0.39 is 6.09 Å². The van der Waals surface area contributed by atoms with Gasteiger partial charge in [-0.25, -0.2) is 9.78 Å². The van der Waals surface area contributed by atoms with Crippen molar-refractivity contribution in [3.05, 3.63) is 84.3 Å². The molecule has 1 aliphatic rings. The maximum absolute atomic E-state index is 12.1. The Balaban J connectivity index is 1.39. The number of carbonyl (C=O) groups is 2. The third kappa shape index (κ3) is 5.78. The average Bonchev–Trinajstić information content (AvgIpc) is 2.88. The van der Waals surface area contributed by atoms with E-state index in [1.807, 2.05) is 60.9 Å². The Morgan fingerprint density at radius 1 is 1.09 bits per heavy atom. The minimum atomic E-state index is -1.21. The fraction of sp³-hybridized carbons (Fsp3) is 0.231. The van der Waals surface area contributed by atoms with Gasteiger partial charge >= 0.3 is 6.09 Å². The summed E-state index contributed by atoms with van der Waals surface area (Å²) in [6.07, 6.45) is 5.63. The second-order valence-corrected chi connectivity index (χ2v) is 8.15. The molecule has 34 heavy (non-hydrogen) atoms. The molecule has 8 nitrogen and oxygen atoms in total. The highest BCUT2D eigenvalue weighted by Gasteiger charge is 2.15. The molecule has 0 radical (unpaired) electrons. The van der Waals surface area contributed by atoms with E-state index in [1.165, 1.54) is 10.5 Å². The van der Waals surface area contributed by atoms with Crippen LogP contribution in [-0.2, 0) is 11.3 Å². The van der Waals surface area contributed by atoms with Crippen LogP contribution in [0.15, 0.2) is 73.1 Å². The maximum Gasteiger partial charge on any atom is 0.405 e. The topological polar surface area (TPSA) is 98.7 Å². The van der Waals surface area contributed by atoms with Gasteiger partial charge in [0.1, 0.15) is 12.4 Å². The van der Waals surface area contributed by atoms with Crippen LogP contribution >= 0.6 is 0 Å². The molecule has 0 spiro atoms. The van der Waals surface area contributed by atoms with E-state index in [0.717, 1.165) is 47.7 Å². The van der Waals surface area contributed by atoms with E-state index >= 15 is 0 Å². The molecule has 1 aromatic carbocycles. The molecule has 3 aromatic rings. The minimum absolute atomic E-state index is 0.244. The van der Waals surface area contributed by atoms with Crippen LogP contribution in [0.5, 0.6) is 0 Å². The van der Waals surface area contributed by atoms with Crippen molar-refractivity contribution >= 4 is 23.4 Å². The van der Waals surface area contributed by atoms with Gasteiger partial charge in [0.2, 0.25) is 5.91 Å². The SMILES string of the molecule is CN(Cc1cccc(-c2ccc(N3CC=C(c4ccccn4)CC3)nc2)c1)C(=O)CNC(=O)O. The number of amides is 2. The highest BCUT2D eigenvalue weighted by molar-refractivity contribution is 5.81. The van der Waals surface area contributed by atoms with Crippen LogP contribution in [0.25, 0.3) is 16.7 Å². The van der Waals surface area contributed by atoms with Gasteiger partial charge < -0.3 is 20.2 Å². The van der Waals surface area contributed by atoms with Crippen molar-refractivity contribution in [3.63, 3.8) is 0 Å². The Labute approximate surface area is 198 Å². The number of aromatic nitrogens is 2. The molecule has 2 N–H and O–H groups in total. The Kier molecular flexibility index (Phi) is 7.17. The lowest BCUT2D eigenvalue weighted by Crippen LogP contribution is -2.37. The fourth-order valence-corrected chi connectivity index (χ4v) is 3.90. The number of pyridine rings is 2. The lowest BCUT2D eigenvalue weighted by Gasteiger charge is -2.27.